The molecular formula is C17H17ClN6O. The third-order valence-corrected chi connectivity index (χ3v) is 4.67. The predicted molar refractivity (Wildman–Crippen MR) is 98.3 cm³/mol. The van der Waals surface area contributed by atoms with Crippen LogP contribution in [0.5, 0.6) is 0 Å². The van der Waals surface area contributed by atoms with E-state index < -0.39 is 0 Å². The molecular weight excluding hydrogens is 340 g/mol. The summed E-state index contributed by atoms with van der Waals surface area (Å²) in [6, 6.07) is 9.94. The van der Waals surface area contributed by atoms with Gasteiger partial charge in [0, 0.05) is 18.3 Å². The summed E-state index contributed by atoms with van der Waals surface area (Å²) in [4.78, 5) is 20.1. The van der Waals surface area contributed by atoms with Crippen LogP contribution in [-0.4, -0.2) is 37.2 Å². The van der Waals surface area contributed by atoms with Crippen LogP contribution in [0.3, 0.4) is 0 Å². The number of aromatic nitrogens is 5. The van der Waals surface area contributed by atoms with Crippen molar-refractivity contribution in [3.05, 3.63) is 53.2 Å². The average molecular weight is 357 g/mol. The lowest BCUT2D eigenvalue weighted by molar-refractivity contribution is 0.542. The Labute approximate surface area is 149 Å². The zero-order valence-electron chi connectivity index (χ0n) is 13.3. The average Bonchev–Trinajstić information content (AvgIpc) is 3.31. The van der Waals surface area contributed by atoms with Gasteiger partial charge in [-0.25, -0.2) is 14.3 Å². The first-order valence-electron chi connectivity index (χ1n) is 8.06. The minimum absolute atomic E-state index is 0. The van der Waals surface area contributed by atoms with Gasteiger partial charge in [-0.3, -0.25) is 4.57 Å². The number of halogens is 1. The van der Waals surface area contributed by atoms with Gasteiger partial charge in [0.15, 0.2) is 5.65 Å². The quantitative estimate of drug-likeness (QED) is 0.575. The number of rotatable bonds is 2. The zero-order valence-corrected chi connectivity index (χ0v) is 14.2. The standard InChI is InChI=1S/C17H16N6O.ClH/c24-17-21-14-5-4-13(12-10-19-22-8-2-1-3-15(12)22)20-16(14)23(17)11-6-7-18-9-11;/h1-5,8,10-11,18H,6-7,9H2,(H,21,24);1H/t11-;/m1./s1. The Morgan fingerprint density at radius 3 is 2.96 bits per heavy atom. The molecule has 8 heteroatoms. The summed E-state index contributed by atoms with van der Waals surface area (Å²) in [6.45, 7) is 1.73. The third kappa shape index (κ3) is 2.43. The Morgan fingerprint density at radius 2 is 2.12 bits per heavy atom. The van der Waals surface area contributed by atoms with Gasteiger partial charge in [0.2, 0.25) is 0 Å². The Bertz CT molecular complexity index is 1110. The molecule has 0 saturated carbocycles. The smallest absolute Gasteiger partial charge is 0.315 e. The molecule has 7 nitrogen and oxygen atoms in total. The predicted octanol–water partition coefficient (Wildman–Crippen LogP) is 2.00. The summed E-state index contributed by atoms with van der Waals surface area (Å²) in [5.41, 5.74) is 4.16. The first-order valence-corrected chi connectivity index (χ1v) is 8.06. The maximum Gasteiger partial charge on any atom is 0.327 e. The van der Waals surface area contributed by atoms with Gasteiger partial charge < -0.3 is 10.3 Å². The van der Waals surface area contributed by atoms with Gasteiger partial charge in [-0.1, -0.05) is 6.07 Å². The van der Waals surface area contributed by atoms with Crippen LogP contribution in [0.15, 0.2) is 47.5 Å². The summed E-state index contributed by atoms with van der Waals surface area (Å²) >= 11 is 0. The first-order chi connectivity index (χ1) is 11.8. The van der Waals surface area contributed by atoms with E-state index in [2.05, 4.69) is 15.4 Å². The highest BCUT2D eigenvalue weighted by Gasteiger charge is 2.22. The van der Waals surface area contributed by atoms with E-state index in [1.165, 1.54) is 0 Å². The molecule has 2 N–H and O–H groups in total. The minimum atomic E-state index is -0.0942. The van der Waals surface area contributed by atoms with E-state index in [4.69, 9.17) is 4.98 Å². The van der Waals surface area contributed by atoms with Crippen molar-refractivity contribution in [2.45, 2.75) is 12.5 Å². The Morgan fingerprint density at radius 1 is 1.20 bits per heavy atom. The molecule has 5 rings (SSSR count). The molecule has 1 fully saturated rings. The van der Waals surface area contributed by atoms with Crippen molar-refractivity contribution >= 4 is 29.1 Å². The van der Waals surface area contributed by atoms with Crippen molar-refractivity contribution in [1.82, 2.24) is 29.5 Å². The largest absolute Gasteiger partial charge is 0.327 e. The molecule has 5 heterocycles. The van der Waals surface area contributed by atoms with E-state index in [0.717, 1.165) is 41.8 Å². The van der Waals surface area contributed by atoms with E-state index in [0.29, 0.717) is 5.65 Å². The van der Waals surface area contributed by atoms with Crippen LogP contribution in [0.1, 0.15) is 12.5 Å². The number of H-pyrrole nitrogens is 1. The van der Waals surface area contributed by atoms with Crippen molar-refractivity contribution in [2.75, 3.05) is 13.1 Å². The molecule has 0 unspecified atom stereocenters. The van der Waals surface area contributed by atoms with Crippen LogP contribution < -0.4 is 11.0 Å². The third-order valence-electron chi connectivity index (χ3n) is 4.67. The number of nitrogens with one attached hydrogen (secondary N) is 2. The molecule has 1 aliphatic heterocycles. The summed E-state index contributed by atoms with van der Waals surface area (Å²) in [6.07, 6.45) is 4.67. The molecule has 0 radical (unpaired) electrons. The molecule has 4 aromatic heterocycles. The number of nitrogens with zero attached hydrogens (tertiary/aromatic N) is 4. The number of fused-ring (bicyclic) bond motifs is 2. The highest BCUT2D eigenvalue weighted by atomic mass is 35.5. The zero-order chi connectivity index (χ0) is 16.1. The minimum Gasteiger partial charge on any atom is -0.315 e. The molecule has 1 saturated heterocycles. The normalized spacial score (nSPS) is 17.2. The second-order valence-corrected chi connectivity index (χ2v) is 6.10. The van der Waals surface area contributed by atoms with E-state index in [9.17, 15) is 4.79 Å². The molecule has 0 aromatic carbocycles. The van der Waals surface area contributed by atoms with E-state index >= 15 is 0 Å². The highest BCUT2D eigenvalue weighted by molar-refractivity contribution is 5.85. The number of hydrogen-bond acceptors (Lipinski definition) is 4. The number of imidazole rings is 1. The lowest BCUT2D eigenvalue weighted by Gasteiger charge is -2.10. The molecule has 0 amide bonds. The number of pyridine rings is 2. The molecule has 1 atom stereocenters. The fraction of sp³-hybridized carbons (Fsp3) is 0.235. The molecule has 128 valence electrons. The van der Waals surface area contributed by atoms with Gasteiger partial charge in [0.05, 0.1) is 29.0 Å². The van der Waals surface area contributed by atoms with E-state index in [1.807, 2.05) is 47.2 Å². The maximum atomic E-state index is 12.4. The highest BCUT2D eigenvalue weighted by Crippen LogP contribution is 2.25. The molecule has 1 aliphatic rings. The monoisotopic (exact) mass is 356 g/mol. The molecule has 0 aliphatic carbocycles. The van der Waals surface area contributed by atoms with Crippen LogP contribution in [0.4, 0.5) is 0 Å². The molecule has 0 bridgehead atoms. The SMILES string of the molecule is Cl.O=c1[nH]c2ccc(-c3cnn4ccccc34)nc2n1[C@@H]1CCNC1. The van der Waals surface area contributed by atoms with Gasteiger partial charge in [-0.05, 0) is 37.2 Å². The number of aromatic amines is 1. The van der Waals surface area contributed by atoms with Crippen molar-refractivity contribution in [2.24, 2.45) is 0 Å². The van der Waals surface area contributed by atoms with Crippen LogP contribution in [-0.2, 0) is 0 Å². The van der Waals surface area contributed by atoms with Gasteiger partial charge in [-0.15, -0.1) is 12.4 Å². The fourth-order valence-electron chi connectivity index (χ4n) is 3.48. The summed E-state index contributed by atoms with van der Waals surface area (Å²) in [5.74, 6) is 0. The fourth-order valence-corrected chi connectivity index (χ4v) is 3.48. The first kappa shape index (κ1) is 15.9. The van der Waals surface area contributed by atoms with E-state index in [-0.39, 0.29) is 24.1 Å². The van der Waals surface area contributed by atoms with Crippen molar-refractivity contribution in [3.8, 4) is 11.3 Å². The van der Waals surface area contributed by atoms with Crippen LogP contribution >= 0.6 is 12.4 Å². The summed E-state index contributed by atoms with van der Waals surface area (Å²) < 4.78 is 3.61. The topological polar surface area (TPSA) is 80.0 Å². The van der Waals surface area contributed by atoms with Gasteiger partial charge in [0.1, 0.15) is 0 Å². The Hall–Kier alpha value is -2.64. The van der Waals surface area contributed by atoms with E-state index in [1.54, 1.807) is 4.57 Å². The number of hydrogen-bond donors (Lipinski definition) is 2. The molecule has 25 heavy (non-hydrogen) atoms. The lowest BCUT2D eigenvalue weighted by atomic mass is 10.2. The second-order valence-electron chi connectivity index (χ2n) is 6.10. The van der Waals surface area contributed by atoms with Gasteiger partial charge in [0.25, 0.3) is 0 Å². The van der Waals surface area contributed by atoms with Crippen LogP contribution in [0, 0.1) is 0 Å². The molecule has 4 aromatic rings. The lowest BCUT2D eigenvalue weighted by Crippen LogP contribution is -2.24. The Kier molecular flexibility index (Phi) is 3.82. The van der Waals surface area contributed by atoms with Crippen LogP contribution in [0.2, 0.25) is 0 Å². The van der Waals surface area contributed by atoms with Gasteiger partial charge in [-0.2, -0.15) is 5.10 Å². The van der Waals surface area contributed by atoms with Gasteiger partial charge >= 0.3 is 5.69 Å². The second kappa shape index (κ2) is 6.02. The maximum absolute atomic E-state index is 12.4. The summed E-state index contributed by atoms with van der Waals surface area (Å²) in [7, 11) is 0. The van der Waals surface area contributed by atoms with Crippen LogP contribution in [0.25, 0.3) is 27.9 Å². The van der Waals surface area contributed by atoms with Crippen molar-refractivity contribution in [1.29, 1.82) is 0 Å². The van der Waals surface area contributed by atoms with Crippen molar-refractivity contribution in [3.63, 3.8) is 0 Å². The molecule has 0 spiro atoms. The Balaban J connectivity index is 0.00000157. The summed E-state index contributed by atoms with van der Waals surface area (Å²) in [5, 5.41) is 7.67. The van der Waals surface area contributed by atoms with Crippen molar-refractivity contribution < 1.29 is 0 Å².